The number of hydrogen-bond acceptors (Lipinski definition) is 4. The van der Waals surface area contributed by atoms with Crippen molar-refractivity contribution in [2.24, 2.45) is 5.41 Å². The zero-order chi connectivity index (χ0) is 14.0. The van der Waals surface area contributed by atoms with Gasteiger partial charge in [0.05, 0.1) is 12.7 Å². The monoisotopic (exact) mass is 282 g/mol. The van der Waals surface area contributed by atoms with Gasteiger partial charge in [-0.15, -0.1) is 0 Å². The van der Waals surface area contributed by atoms with Gasteiger partial charge in [-0.25, -0.2) is 4.79 Å². The van der Waals surface area contributed by atoms with Crippen LogP contribution in [0.15, 0.2) is 18.2 Å². The average molecular weight is 283 g/mol. The van der Waals surface area contributed by atoms with Crippen molar-refractivity contribution in [3.05, 3.63) is 28.8 Å². The van der Waals surface area contributed by atoms with Gasteiger partial charge < -0.3 is 14.0 Å². The smallest absolute Gasteiger partial charge is 0.465 e. The zero-order valence-electron chi connectivity index (χ0n) is 11.2. The van der Waals surface area contributed by atoms with Gasteiger partial charge in [-0.2, -0.15) is 0 Å². The Kier molecular flexibility index (Phi) is 4.18. The molecule has 1 aromatic carbocycles. The highest BCUT2D eigenvalue weighted by atomic mass is 35.5. The largest absolute Gasteiger partial charge is 0.493 e. The molecule has 0 bridgehead atoms. The van der Waals surface area contributed by atoms with Gasteiger partial charge in [0.2, 0.25) is 0 Å². The summed E-state index contributed by atoms with van der Waals surface area (Å²) in [6, 6.07) is 4.97. The molecule has 1 fully saturated rings. The van der Waals surface area contributed by atoms with Crippen molar-refractivity contribution >= 4 is 30.2 Å². The fourth-order valence-corrected chi connectivity index (χ4v) is 2.11. The maximum absolute atomic E-state index is 11.5. The van der Waals surface area contributed by atoms with Crippen LogP contribution in [0.25, 0.3) is 0 Å². The molecule has 0 N–H and O–H groups in total. The van der Waals surface area contributed by atoms with Crippen LogP contribution in [-0.2, 0) is 14.0 Å². The van der Waals surface area contributed by atoms with E-state index in [1.54, 1.807) is 18.2 Å². The molecule has 0 spiro atoms. The first-order valence-electron chi connectivity index (χ1n) is 6.03. The molecular weight excluding hydrogens is 266 g/mol. The van der Waals surface area contributed by atoms with Gasteiger partial charge in [0.15, 0.2) is 0 Å². The summed E-state index contributed by atoms with van der Waals surface area (Å²) in [7, 11) is 0.842. The Morgan fingerprint density at radius 1 is 1.32 bits per heavy atom. The first-order valence-corrected chi connectivity index (χ1v) is 6.41. The second kappa shape index (κ2) is 5.53. The highest BCUT2D eigenvalue weighted by molar-refractivity contribution is 6.62. The molecule has 6 heteroatoms. The SMILES string of the molecule is COC(=O)c1cc(Cl)cc(B2OCC(C)(C)CO2)c1. The van der Waals surface area contributed by atoms with Crippen molar-refractivity contribution in [2.45, 2.75) is 13.8 Å². The van der Waals surface area contributed by atoms with Crippen LogP contribution in [0.5, 0.6) is 0 Å². The summed E-state index contributed by atoms with van der Waals surface area (Å²) >= 11 is 6.01. The Bertz CT molecular complexity index is 480. The lowest BCUT2D eigenvalue weighted by atomic mass is 9.75. The molecule has 0 atom stereocenters. The topological polar surface area (TPSA) is 44.8 Å². The standard InChI is InChI=1S/C13H16BClO4/c1-13(2)7-18-14(19-8-13)10-4-9(12(16)17-3)5-11(15)6-10/h4-6H,7-8H2,1-3H3. The summed E-state index contributed by atoms with van der Waals surface area (Å²) < 4.78 is 16.0. The molecule has 4 nitrogen and oxygen atoms in total. The van der Waals surface area contributed by atoms with Crippen molar-refractivity contribution in [1.29, 1.82) is 0 Å². The fourth-order valence-electron chi connectivity index (χ4n) is 1.87. The van der Waals surface area contributed by atoms with E-state index in [9.17, 15) is 4.79 Å². The molecule has 0 radical (unpaired) electrons. The van der Waals surface area contributed by atoms with Crippen LogP contribution in [-0.4, -0.2) is 33.4 Å². The van der Waals surface area contributed by atoms with E-state index in [-0.39, 0.29) is 5.41 Å². The van der Waals surface area contributed by atoms with Crippen molar-refractivity contribution < 1.29 is 18.8 Å². The lowest BCUT2D eigenvalue weighted by Gasteiger charge is -2.33. The number of methoxy groups -OCH3 is 1. The number of rotatable bonds is 2. The van der Waals surface area contributed by atoms with Crippen LogP contribution in [0.4, 0.5) is 0 Å². The molecule has 0 unspecified atom stereocenters. The predicted molar refractivity (Wildman–Crippen MR) is 73.9 cm³/mol. The number of carbonyl (C=O) groups is 1. The van der Waals surface area contributed by atoms with Crippen LogP contribution < -0.4 is 5.46 Å². The van der Waals surface area contributed by atoms with Gasteiger partial charge in [0, 0.05) is 23.7 Å². The lowest BCUT2D eigenvalue weighted by Crippen LogP contribution is -2.47. The minimum Gasteiger partial charge on any atom is -0.465 e. The van der Waals surface area contributed by atoms with Crippen molar-refractivity contribution in [3.8, 4) is 0 Å². The second-order valence-corrected chi connectivity index (χ2v) is 5.82. The van der Waals surface area contributed by atoms with Gasteiger partial charge in [0.1, 0.15) is 0 Å². The van der Waals surface area contributed by atoms with E-state index in [0.717, 1.165) is 5.46 Å². The number of carbonyl (C=O) groups excluding carboxylic acids is 1. The van der Waals surface area contributed by atoms with Crippen LogP contribution in [0.3, 0.4) is 0 Å². The lowest BCUT2D eigenvalue weighted by molar-refractivity contribution is 0.0343. The molecule has 1 aliphatic rings. The number of hydrogen-bond donors (Lipinski definition) is 0. The van der Waals surface area contributed by atoms with E-state index in [1.807, 2.05) is 0 Å². The highest BCUT2D eigenvalue weighted by Gasteiger charge is 2.34. The van der Waals surface area contributed by atoms with Crippen LogP contribution in [0.1, 0.15) is 24.2 Å². The first kappa shape index (κ1) is 14.4. The summed E-state index contributed by atoms with van der Waals surface area (Å²) in [5.41, 5.74) is 1.12. The minimum atomic E-state index is -0.491. The van der Waals surface area contributed by atoms with Gasteiger partial charge >= 0.3 is 13.1 Å². The third kappa shape index (κ3) is 3.50. The molecular formula is C13H16BClO4. The molecule has 0 aromatic heterocycles. The Morgan fingerprint density at radius 3 is 2.53 bits per heavy atom. The number of benzene rings is 1. The molecule has 1 aliphatic heterocycles. The quantitative estimate of drug-likeness (QED) is 0.614. The molecule has 19 heavy (non-hydrogen) atoms. The Labute approximate surface area is 118 Å². The van der Waals surface area contributed by atoms with Crippen molar-refractivity contribution in [1.82, 2.24) is 0 Å². The molecule has 102 valence electrons. The highest BCUT2D eigenvalue weighted by Crippen LogP contribution is 2.22. The van der Waals surface area contributed by atoms with Crippen molar-refractivity contribution in [2.75, 3.05) is 20.3 Å². The average Bonchev–Trinajstić information content (AvgIpc) is 2.37. The molecule has 0 saturated carbocycles. The molecule has 2 rings (SSSR count). The van der Waals surface area contributed by atoms with Gasteiger partial charge in [-0.3, -0.25) is 0 Å². The second-order valence-electron chi connectivity index (χ2n) is 5.38. The summed E-state index contributed by atoms with van der Waals surface area (Å²) in [6.45, 7) is 5.33. The van der Waals surface area contributed by atoms with Gasteiger partial charge in [0.25, 0.3) is 0 Å². The van der Waals surface area contributed by atoms with E-state index in [2.05, 4.69) is 18.6 Å². The number of esters is 1. The number of ether oxygens (including phenoxy) is 1. The third-order valence-electron chi connectivity index (χ3n) is 2.86. The van der Waals surface area contributed by atoms with Crippen LogP contribution in [0.2, 0.25) is 5.02 Å². The Hall–Kier alpha value is -1.04. The van der Waals surface area contributed by atoms with Gasteiger partial charge in [-0.05, 0) is 23.7 Å². The first-order chi connectivity index (χ1) is 8.91. The van der Waals surface area contributed by atoms with E-state index >= 15 is 0 Å². The maximum Gasteiger partial charge on any atom is 0.493 e. The van der Waals surface area contributed by atoms with E-state index in [4.69, 9.17) is 20.9 Å². The predicted octanol–water partition coefficient (Wildman–Crippen LogP) is 1.89. The van der Waals surface area contributed by atoms with E-state index in [0.29, 0.717) is 23.8 Å². The maximum atomic E-state index is 11.5. The Morgan fingerprint density at radius 2 is 1.95 bits per heavy atom. The fraction of sp³-hybridized carbons (Fsp3) is 0.462. The molecule has 1 saturated heterocycles. The molecule has 0 amide bonds. The molecule has 0 aliphatic carbocycles. The van der Waals surface area contributed by atoms with Crippen LogP contribution in [0, 0.1) is 5.41 Å². The van der Waals surface area contributed by atoms with Crippen molar-refractivity contribution in [3.63, 3.8) is 0 Å². The van der Waals surface area contributed by atoms with E-state index < -0.39 is 13.1 Å². The van der Waals surface area contributed by atoms with E-state index in [1.165, 1.54) is 7.11 Å². The summed E-state index contributed by atoms with van der Waals surface area (Å²) in [5, 5.41) is 0.454. The number of halogens is 1. The molecule has 1 heterocycles. The summed E-state index contributed by atoms with van der Waals surface area (Å²) in [5.74, 6) is -0.431. The minimum absolute atomic E-state index is 0.000252. The summed E-state index contributed by atoms with van der Waals surface area (Å²) in [4.78, 5) is 11.5. The molecule has 1 aromatic rings. The third-order valence-corrected chi connectivity index (χ3v) is 3.08. The normalized spacial score (nSPS) is 18.2. The zero-order valence-corrected chi connectivity index (χ0v) is 12.0. The Balaban J connectivity index is 2.21. The summed E-state index contributed by atoms with van der Waals surface area (Å²) in [6.07, 6.45) is 0. The van der Waals surface area contributed by atoms with Gasteiger partial charge in [-0.1, -0.05) is 25.4 Å². The van der Waals surface area contributed by atoms with Crippen LogP contribution >= 0.6 is 11.6 Å².